The van der Waals surface area contributed by atoms with Crippen molar-refractivity contribution in [3.05, 3.63) is 59.7 Å². The van der Waals surface area contributed by atoms with Crippen LogP contribution in [0.4, 0.5) is 0 Å². The number of pyridine rings is 1. The average Bonchev–Trinajstić information content (AvgIpc) is 3.44. The number of aromatic nitrogens is 3. The van der Waals surface area contributed by atoms with Crippen LogP contribution in [-0.4, -0.2) is 45.6 Å². The Morgan fingerprint density at radius 2 is 2.19 bits per heavy atom. The molecular formula is C20H23N5O2. The molecular weight excluding hydrogens is 342 g/mol. The molecule has 27 heavy (non-hydrogen) atoms. The van der Waals surface area contributed by atoms with Gasteiger partial charge in [-0.1, -0.05) is 6.07 Å². The largest absolute Gasteiger partial charge is 0.460 e. The first kappa shape index (κ1) is 17.5. The first-order valence-electron chi connectivity index (χ1n) is 9.25. The van der Waals surface area contributed by atoms with Gasteiger partial charge in [0, 0.05) is 25.0 Å². The summed E-state index contributed by atoms with van der Waals surface area (Å²) in [4.78, 5) is 19.2. The molecule has 3 aromatic heterocycles. The molecule has 140 valence electrons. The number of carbonyl (C=O) groups is 1. The minimum atomic E-state index is -0.200. The molecule has 1 unspecified atom stereocenters. The fraction of sp³-hybridized carbons (Fsp3) is 0.350. The Bertz CT molecular complexity index is 896. The second-order valence-electron chi connectivity index (χ2n) is 6.83. The Kier molecular flexibility index (Phi) is 5.02. The van der Waals surface area contributed by atoms with Gasteiger partial charge in [0.1, 0.15) is 11.5 Å². The zero-order chi connectivity index (χ0) is 18.6. The second-order valence-corrected chi connectivity index (χ2v) is 6.83. The summed E-state index contributed by atoms with van der Waals surface area (Å²) in [6.45, 7) is 4.48. The number of amides is 1. The molecule has 2 N–H and O–H groups in total. The maximum Gasteiger partial charge on any atom is 0.271 e. The lowest BCUT2D eigenvalue weighted by Gasteiger charge is -2.27. The number of likely N-dealkylation sites (tertiary alicyclic amines) is 1. The van der Waals surface area contributed by atoms with Crippen LogP contribution in [0.25, 0.3) is 11.5 Å². The van der Waals surface area contributed by atoms with E-state index in [9.17, 15) is 4.79 Å². The highest BCUT2D eigenvalue weighted by molar-refractivity contribution is 5.93. The maximum atomic E-state index is 12.6. The predicted molar refractivity (Wildman–Crippen MR) is 101 cm³/mol. The number of nitrogens with one attached hydrogen (secondary N) is 2. The molecule has 7 heteroatoms. The molecule has 1 aliphatic heterocycles. The van der Waals surface area contributed by atoms with E-state index in [1.165, 1.54) is 12.8 Å². The van der Waals surface area contributed by atoms with E-state index in [-0.39, 0.29) is 11.9 Å². The van der Waals surface area contributed by atoms with Crippen LogP contribution in [0.5, 0.6) is 0 Å². The van der Waals surface area contributed by atoms with Gasteiger partial charge in [0.2, 0.25) is 0 Å². The molecule has 1 amide bonds. The van der Waals surface area contributed by atoms with E-state index < -0.39 is 0 Å². The SMILES string of the molecule is Cc1ccc(-c2cc(C(=O)NCC(c3cccnc3)N3CCCC3)n[nH]2)o1. The van der Waals surface area contributed by atoms with Gasteiger partial charge in [0.05, 0.1) is 6.04 Å². The van der Waals surface area contributed by atoms with Crippen molar-refractivity contribution in [2.75, 3.05) is 19.6 Å². The van der Waals surface area contributed by atoms with E-state index in [4.69, 9.17) is 4.42 Å². The number of nitrogens with zero attached hydrogens (tertiary/aromatic N) is 3. The Labute approximate surface area is 157 Å². The summed E-state index contributed by atoms with van der Waals surface area (Å²) in [6, 6.07) is 9.57. The first-order chi connectivity index (χ1) is 13.2. The third kappa shape index (κ3) is 3.93. The van der Waals surface area contributed by atoms with Crippen molar-refractivity contribution in [3.63, 3.8) is 0 Å². The first-order valence-corrected chi connectivity index (χ1v) is 9.25. The fourth-order valence-electron chi connectivity index (χ4n) is 3.51. The quantitative estimate of drug-likeness (QED) is 0.701. The predicted octanol–water partition coefficient (Wildman–Crippen LogP) is 2.94. The van der Waals surface area contributed by atoms with Gasteiger partial charge >= 0.3 is 0 Å². The number of carbonyl (C=O) groups excluding carboxylic acids is 1. The highest BCUT2D eigenvalue weighted by Crippen LogP contribution is 2.24. The number of furan rings is 1. The van der Waals surface area contributed by atoms with Gasteiger partial charge < -0.3 is 9.73 Å². The van der Waals surface area contributed by atoms with E-state index in [2.05, 4.69) is 31.5 Å². The summed E-state index contributed by atoms with van der Waals surface area (Å²) in [7, 11) is 0. The van der Waals surface area contributed by atoms with E-state index >= 15 is 0 Å². The average molecular weight is 365 g/mol. The molecule has 0 radical (unpaired) electrons. The van der Waals surface area contributed by atoms with E-state index in [1.54, 1.807) is 12.3 Å². The molecule has 4 heterocycles. The Balaban J connectivity index is 1.44. The van der Waals surface area contributed by atoms with Crippen LogP contribution >= 0.6 is 0 Å². The Morgan fingerprint density at radius 1 is 1.33 bits per heavy atom. The number of aryl methyl sites for hydroxylation is 1. The van der Waals surface area contributed by atoms with Gasteiger partial charge in [-0.05, 0) is 56.6 Å². The molecule has 7 nitrogen and oxygen atoms in total. The third-order valence-electron chi connectivity index (χ3n) is 4.92. The summed E-state index contributed by atoms with van der Waals surface area (Å²) in [5.41, 5.74) is 2.16. The van der Waals surface area contributed by atoms with Crippen molar-refractivity contribution in [2.45, 2.75) is 25.8 Å². The molecule has 0 spiro atoms. The van der Waals surface area contributed by atoms with Crippen LogP contribution in [0, 0.1) is 6.92 Å². The molecule has 3 aromatic rings. The Morgan fingerprint density at radius 3 is 2.89 bits per heavy atom. The summed E-state index contributed by atoms with van der Waals surface area (Å²) in [5, 5.41) is 10.0. The van der Waals surface area contributed by atoms with Gasteiger partial charge in [-0.3, -0.25) is 19.8 Å². The van der Waals surface area contributed by atoms with Crippen molar-refractivity contribution in [1.82, 2.24) is 25.4 Å². The van der Waals surface area contributed by atoms with Crippen LogP contribution in [0.15, 0.2) is 47.1 Å². The highest BCUT2D eigenvalue weighted by atomic mass is 16.3. The van der Waals surface area contributed by atoms with Gasteiger partial charge in [-0.15, -0.1) is 0 Å². The second kappa shape index (κ2) is 7.75. The van der Waals surface area contributed by atoms with Gasteiger partial charge in [-0.25, -0.2) is 0 Å². The summed E-state index contributed by atoms with van der Waals surface area (Å²) in [6.07, 6.45) is 6.03. The molecule has 1 saturated heterocycles. The summed E-state index contributed by atoms with van der Waals surface area (Å²) >= 11 is 0. The molecule has 1 aliphatic rings. The van der Waals surface area contributed by atoms with Crippen LogP contribution in [0.2, 0.25) is 0 Å². The molecule has 0 aliphatic carbocycles. The van der Waals surface area contributed by atoms with Crippen molar-refractivity contribution < 1.29 is 9.21 Å². The fourth-order valence-corrected chi connectivity index (χ4v) is 3.51. The molecule has 0 bridgehead atoms. The van der Waals surface area contributed by atoms with E-state index in [0.717, 1.165) is 24.4 Å². The van der Waals surface area contributed by atoms with Crippen LogP contribution in [0.1, 0.15) is 40.7 Å². The van der Waals surface area contributed by atoms with Crippen LogP contribution in [-0.2, 0) is 0 Å². The standard InChI is InChI=1S/C20H23N5O2/c1-14-6-7-19(27-14)16-11-17(24-23-16)20(26)22-13-18(25-9-2-3-10-25)15-5-4-8-21-12-15/h4-8,11-12,18H,2-3,9-10,13H2,1H3,(H,22,26)(H,23,24). The summed E-state index contributed by atoms with van der Waals surface area (Å²) in [5.74, 6) is 1.29. The molecule has 0 aromatic carbocycles. The molecule has 1 atom stereocenters. The lowest BCUT2D eigenvalue weighted by atomic mass is 10.1. The van der Waals surface area contributed by atoms with Crippen molar-refractivity contribution in [1.29, 1.82) is 0 Å². The normalized spacial score (nSPS) is 15.7. The lowest BCUT2D eigenvalue weighted by molar-refractivity contribution is 0.0933. The van der Waals surface area contributed by atoms with Crippen LogP contribution < -0.4 is 5.32 Å². The number of H-pyrrole nitrogens is 1. The molecule has 1 fully saturated rings. The topological polar surface area (TPSA) is 87.0 Å². The lowest BCUT2D eigenvalue weighted by Crippen LogP contribution is -2.37. The monoisotopic (exact) mass is 365 g/mol. The number of rotatable bonds is 6. The maximum absolute atomic E-state index is 12.6. The van der Waals surface area contributed by atoms with E-state index in [0.29, 0.717) is 23.7 Å². The van der Waals surface area contributed by atoms with Gasteiger partial charge in [0.15, 0.2) is 11.5 Å². The third-order valence-corrected chi connectivity index (χ3v) is 4.92. The summed E-state index contributed by atoms with van der Waals surface area (Å²) < 4.78 is 5.57. The minimum Gasteiger partial charge on any atom is -0.460 e. The Hall–Kier alpha value is -2.93. The number of hydrogen-bond acceptors (Lipinski definition) is 5. The van der Waals surface area contributed by atoms with Crippen molar-refractivity contribution >= 4 is 5.91 Å². The molecule has 4 rings (SSSR count). The van der Waals surface area contributed by atoms with Gasteiger partial charge in [-0.2, -0.15) is 5.10 Å². The van der Waals surface area contributed by atoms with Crippen molar-refractivity contribution in [2.24, 2.45) is 0 Å². The van der Waals surface area contributed by atoms with Crippen LogP contribution in [0.3, 0.4) is 0 Å². The zero-order valence-corrected chi connectivity index (χ0v) is 15.3. The van der Waals surface area contributed by atoms with Crippen molar-refractivity contribution in [3.8, 4) is 11.5 Å². The highest BCUT2D eigenvalue weighted by Gasteiger charge is 2.24. The minimum absolute atomic E-state index is 0.122. The van der Waals surface area contributed by atoms with Gasteiger partial charge in [0.25, 0.3) is 5.91 Å². The van der Waals surface area contributed by atoms with E-state index in [1.807, 2.05) is 31.3 Å². The smallest absolute Gasteiger partial charge is 0.271 e. The number of hydrogen-bond donors (Lipinski definition) is 2. The zero-order valence-electron chi connectivity index (χ0n) is 15.3. The molecule has 0 saturated carbocycles. The number of aromatic amines is 1.